The van der Waals surface area contributed by atoms with E-state index in [1.54, 1.807) is 0 Å². The number of halogens is 2. The lowest BCUT2D eigenvalue weighted by atomic mass is 10.0. The van der Waals surface area contributed by atoms with Gasteiger partial charge in [0.2, 0.25) is 0 Å². The summed E-state index contributed by atoms with van der Waals surface area (Å²) in [6.45, 7) is 7.62. The third-order valence-electron chi connectivity index (χ3n) is 3.08. The fourth-order valence-corrected chi connectivity index (χ4v) is 2.20. The van der Waals surface area contributed by atoms with Crippen LogP contribution in [0.5, 0.6) is 0 Å². The van der Waals surface area contributed by atoms with Crippen molar-refractivity contribution in [3.63, 3.8) is 0 Å². The molecular formula is C14H21Cl2NS. The number of hydrogen-bond donors (Lipinski definition) is 1. The van der Waals surface area contributed by atoms with E-state index in [0.717, 1.165) is 13.0 Å². The highest BCUT2D eigenvalue weighted by Gasteiger charge is 2.18. The van der Waals surface area contributed by atoms with Crippen LogP contribution in [0.2, 0.25) is 10.0 Å². The molecule has 1 aromatic carbocycles. The lowest BCUT2D eigenvalue weighted by Crippen LogP contribution is -2.34. The highest BCUT2D eigenvalue weighted by atomic mass is 35.5. The van der Waals surface area contributed by atoms with Crippen molar-refractivity contribution in [1.82, 2.24) is 5.32 Å². The van der Waals surface area contributed by atoms with E-state index in [-0.39, 0.29) is 4.75 Å². The van der Waals surface area contributed by atoms with Crippen molar-refractivity contribution in [2.75, 3.05) is 12.8 Å². The molecule has 0 saturated heterocycles. The molecule has 4 heteroatoms. The monoisotopic (exact) mass is 305 g/mol. The summed E-state index contributed by atoms with van der Waals surface area (Å²) < 4.78 is 0.240. The van der Waals surface area contributed by atoms with Gasteiger partial charge in [-0.15, -0.1) is 0 Å². The van der Waals surface area contributed by atoms with Gasteiger partial charge in [-0.05, 0) is 44.2 Å². The van der Waals surface area contributed by atoms with E-state index in [1.807, 2.05) is 30.0 Å². The third-order valence-corrected chi connectivity index (χ3v) is 5.07. The Kier molecular flexibility index (Phi) is 6.32. The normalized spacial score (nSPS) is 13.7. The maximum absolute atomic E-state index is 6.07. The largest absolute Gasteiger partial charge is 0.309 e. The Morgan fingerprint density at radius 1 is 1.28 bits per heavy atom. The van der Waals surface area contributed by atoms with Gasteiger partial charge < -0.3 is 5.32 Å². The minimum absolute atomic E-state index is 0.240. The predicted octanol–water partition coefficient (Wildman–Crippen LogP) is 5.18. The predicted molar refractivity (Wildman–Crippen MR) is 85.1 cm³/mol. The van der Waals surface area contributed by atoms with Crippen LogP contribution in [0.3, 0.4) is 0 Å². The Labute approximate surface area is 125 Å². The molecule has 0 radical (unpaired) electrons. The highest BCUT2D eigenvalue weighted by molar-refractivity contribution is 7.99. The molecule has 0 spiro atoms. The quantitative estimate of drug-likeness (QED) is 0.777. The van der Waals surface area contributed by atoms with Crippen LogP contribution in [-0.2, 0) is 0 Å². The molecule has 1 rings (SSSR count). The van der Waals surface area contributed by atoms with E-state index in [4.69, 9.17) is 23.2 Å². The van der Waals surface area contributed by atoms with Crippen molar-refractivity contribution in [2.24, 2.45) is 0 Å². The number of hydrogen-bond acceptors (Lipinski definition) is 2. The maximum Gasteiger partial charge on any atom is 0.0595 e. The first-order valence-electron chi connectivity index (χ1n) is 6.13. The molecule has 0 aliphatic carbocycles. The molecule has 1 atom stereocenters. The molecule has 1 N–H and O–H groups in total. The van der Waals surface area contributed by atoms with Crippen LogP contribution in [-0.4, -0.2) is 17.5 Å². The van der Waals surface area contributed by atoms with Gasteiger partial charge in [-0.1, -0.05) is 36.2 Å². The summed E-state index contributed by atoms with van der Waals surface area (Å²) in [5, 5.41) is 4.84. The van der Waals surface area contributed by atoms with Gasteiger partial charge in [-0.3, -0.25) is 0 Å². The Morgan fingerprint density at radius 2 is 1.94 bits per heavy atom. The summed E-state index contributed by atoms with van der Waals surface area (Å²) in [7, 11) is 0. The van der Waals surface area contributed by atoms with Crippen LogP contribution < -0.4 is 5.32 Å². The zero-order valence-electron chi connectivity index (χ0n) is 11.4. The fourth-order valence-electron chi connectivity index (χ4n) is 1.67. The molecule has 0 aliphatic rings. The lowest BCUT2D eigenvalue weighted by Gasteiger charge is -2.26. The van der Waals surface area contributed by atoms with Gasteiger partial charge >= 0.3 is 0 Å². The standard InChI is InChI=1S/C14H21Cl2NS/c1-5-13(17-9-14(2,3)18-4)10-6-7-11(15)12(16)8-10/h6-8,13,17H,5,9H2,1-4H3. The Balaban J connectivity index is 2.74. The smallest absolute Gasteiger partial charge is 0.0595 e. The van der Waals surface area contributed by atoms with E-state index in [1.165, 1.54) is 5.56 Å². The minimum atomic E-state index is 0.240. The molecule has 1 nitrogen and oxygen atoms in total. The van der Waals surface area contributed by atoms with E-state index < -0.39 is 0 Å². The highest BCUT2D eigenvalue weighted by Crippen LogP contribution is 2.28. The van der Waals surface area contributed by atoms with Gasteiger partial charge in [0.15, 0.2) is 0 Å². The van der Waals surface area contributed by atoms with Crippen LogP contribution in [0.15, 0.2) is 18.2 Å². The number of benzene rings is 1. The molecular weight excluding hydrogens is 285 g/mol. The lowest BCUT2D eigenvalue weighted by molar-refractivity contribution is 0.485. The van der Waals surface area contributed by atoms with Crippen molar-refractivity contribution in [3.05, 3.63) is 33.8 Å². The van der Waals surface area contributed by atoms with Crippen molar-refractivity contribution in [1.29, 1.82) is 0 Å². The van der Waals surface area contributed by atoms with Crippen molar-refractivity contribution < 1.29 is 0 Å². The average Bonchev–Trinajstić information content (AvgIpc) is 2.34. The number of nitrogens with one attached hydrogen (secondary N) is 1. The van der Waals surface area contributed by atoms with Gasteiger partial charge in [0, 0.05) is 17.3 Å². The number of thioether (sulfide) groups is 1. The van der Waals surface area contributed by atoms with Crippen LogP contribution >= 0.6 is 35.0 Å². The summed E-state index contributed by atoms with van der Waals surface area (Å²) in [4.78, 5) is 0. The van der Waals surface area contributed by atoms with Crippen molar-refractivity contribution >= 4 is 35.0 Å². The molecule has 0 aromatic heterocycles. The van der Waals surface area contributed by atoms with Gasteiger partial charge in [0.1, 0.15) is 0 Å². The topological polar surface area (TPSA) is 12.0 Å². The van der Waals surface area contributed by atoms with Crippen molar-refractivity contribution in [3.8, 4) is 0 Å². The molecule has 1 unspecified atom stereocenters. The summed E-state index contributed by atoms with van der Waals surface area (Å²) >= 11 is 13.9. The Bertz CT molecular complexity index is 393. The van der Waals surface area contributed by atoms with Crippen LogP contribution in [0.4, 0.5) is 0 Å². The summed E-state index contributed by atoms with van der Waals surface area (Å²) in [6, 6.07) is 6.19. The van der Waals surface area contributed by atoms with Gasteiger partial charge in [-0.2, -0.15) is 11.8 Å². The molecule has 0 fully saturated rings. The summed E-state index contributed by atoms with van der Waals surface area (Å²) in [6.07, 6.45) is 3.17. The van der Waals surface area contributed by atoms with Crippen LogP contribution in [0.25, 0.3) is 0 Å². The van der Waals surface area contributed by atoms with E-state index in [0.29, 0.717) is 16.1 Å². The molecule has 0 saturated carbocycles. The Morgan fingerprint density at radius 3 is 2.44 bits per heavy atom. The van der Waals surface area contributed by atoms with E-state index in [9.17, 15) is 0 Å². The zero-order valence-corrected chi connectivity index (χ0v) is 13.7. The average molecular weight is 306 g/mol. The SMILES string of the molecule is CCC(NCC(C)(C)SC)c1ccc(Cl)c(Cl)c1. The molecule has 0 amide bonds. The first kappa shape index (κ1) is 16.2. The number of rotatable bonds is 6. The molecule has 1 aromatic rings. The second kappa shape index (κ2) is 7.04. The minimum Gasteiger partial charge on any atom is -0.309 e. The first-order valence-corrected chi connectivity index (χ1v) is 8.11. The molecule has 18 heavy (non-hydrogen) atoms. The van der Waals surface area contributed by atoms with Crippen LogP contribution in [0.1, 0.15) is 38.8 Å². The van der Waals surface area contributed by atoms with Crippen molar-refractivity contribution in [2.45, 2.75) is 38.0 Å². The molecule has 0 bridgehead atoms. The summed E-state index contributed by atoms with van der Waals surface area (Å²) in [5.74, 6) is 0. The van der Waals surface area contributed by atoms with Gasteiger partial charge in [0.05, 0.1) is 10.0 Å². The van der Waals surface area contributed by atoms with Crippen LogP contribution in [0, 0.1) is 0 Å². The second-order valence-corrected chi connectivity index (χ2v) is 7.31. The van der Waals surface area contributed by atoms with E-state index in [2.05, 4.69) is 32.3 Å². The zero-order chi connectivity index (χ0) is 13.8. The second-order valence-electron chi connectivity index (χ2n) is 4.98. The molecule has 0 heterocycles. The maximum atomic E-state index is 6.07. The molecule has 0 aliphatic heterocycles. The Hall–Kier alpha value is 0.110. The fraction of sp³-hybridized carbons (Fsp3) is 0.571. The first-order chi connectivity index (χ1) is 8.39. The van der Waals surface area contributed by atoms with Gasteiger partial charge in [-0.25, -0.2) is 0 Å². The summed E-state index contributed by atoms with van der Waals surface area (Å²) in [5.41, 5.74) is 1.20. The third kappa shape index (κ3) is 4.65. The van der Waals surface area contributed by atoms with Gasteiger partial charge in [0.25, 0.3) is 0 Å². The van der Waals surface area contributed by atoms with E-state index >= 15 is 0 Å². The molecule has 102 valence electrons.